The average Bonchev–Trinajstić information content (AvgIpc) is 2.49. The molecule has 0 fully saturated rings. The number of nitrogens with one attached hydrogen (secondary N) is 1. The smallest absolute Gasteiger partial charge is 0.0454 e. The summed E-state index contributed by atoms with van der Waals surface area (Å²) in [5, 5.41) is 5.02. The van der Waals surface area contributed by atoms with Gasteiger partial charge in [0.25, 0.3) is 0 Å². The number of benzene rings is 2. The van der Waals surface area contributed by atoms with Crippen LogP contribution in [-0.4, -0.2) is 6.26 Å². The Hall–Kier alpha value is -0.670. The quantitative estimate of drug-likeness (QED) is 0.657. The van der Waals surface area contributed by atoms with Gasteiger partial charge in [-0.25, -0.2) is 0 Å². The summed E-state index contributed by atoms with van der Waals surface area (Å²) in [6, 6.07) is 14.6. The van der Waals surface area contributed by atoms with Crippen molar-refractivity contribution in [3.05, 3.63) is 63.6 Å². The molecule has 0 heterocycles. The molecule has 0 aliphatic carbocycles. The van der Waals surface area contributed by atoms with Gasteiger partial charge in [0, 0.05) is 27.0 Å². The summed E-state index contributed by atoms with van der Waals surface area (Å²) in [5.74, 6) is 0. The number of rotatable bonds is 5. The third-order valence-electron chi connectivity index (χ3n) is 3.54. The van der Waals surface area contributed by atoms with Gasteiger partial charge in [-0.3, -0.25) is 0 Å². The Morgan fingerprint density at radius 1 is 0.952 bits per heavy atom. The van der Waals surface area contributed by atoms with Gasteiger partial charge in [-0.1, -0.05) is 35.3 Å². The van der Waals surface area contributed by atoms with E-state index in [9.17, 15) is 0 Å². The summed E-state index contributed by atoms with van der Waals surface area (Å²) >= 11 is 14.1. The molecule has 2 rings (SSSR count). The lowest BCUT2D eigenvalue weighted by Crippen LogP contribution is -2.22. The largest absolute Gasteiger partial charge is 0.304 e. The molecule has 0 saturated heterocycles. The second-order valence-electron chi connectivity index (χ2n) is 5.05. The van der Waals surface area contributed by atoms with Gasteiger partial charge >= 0.3 is 0 Å². The van der Waals surface area contributed by atoms with Gasteiger partial charge in [-0.15, -0.1) is 11.8 Å². The molecular weight excluding hydrogens is 321 g/mol. The minimum absolute atomic E-state index is 0.131. The van der Waals surface area contributed by atoms with E-state index < -0.39 is 0 Å². The van der Waals surface area contributed by atoms with E-state index in [1.807, 2.05) is 18.2 Å². The fourth-order valence-corrected chi connectivity index (χ4v) is 3.17. The van der Waals surface area contributed by atoms with Crippen LogP contribution in [-0.2, 0) is 0 Å². The third-order valence-corrected chi connectivity index (χ3v) is 4.86. The zero-order valence-electron chi connectivity index (χ0n) is 12.4. The predicted molar refractivity (Wildman–Crippen MR) is 94.7 cm³/mol. The Morgan fingerprint density at radius 3 is 2.24 bits per heavy atom. The SMILES string of the molecule is CSc1ccc(C(C)NC(C)c2cc(Cl)ccc2Cl)cc1. The number of halogens is 2. The van der Waals surface area contributed by atoms with Crippen LogP contribution in [0.15, 0.2) is 47.4 Å². The van der Waals surface area contributed by atoms with Crippen molar-refractivity contribution in [3.8, 4) is 0 Å². The fourth-order valence-electron chi connectivity index (χ4n) is 2.30. The van der Waals surface area contributed by atoms with Crippen molar-refractivity contribution in [3.63, 3.8) is 0 Å². The molecule has 0 bridgehead atoms. The van der Waals surface area contributed by atoms with Crippen molar-refractivity contribution >= 4 is 35.0 Å². The molecule has 4 heteroatoms. The Balaban J connectivity index is 2.10. The molecule has 0 aliphatic rings. The van der Waals surface area contributed by atoms with Gasteiger partial charge in [-0.2, -0.15) is 0 Å². The molecule has 0 spiro atoms. The zero-order chi connectivity index (χ0) is 15.4. The van der Waals surface area contributed by atoms with Crippen molar-refractivity contribution in [2.45, 2.75) is 30.8 Å². The molecule has 1 N–H and O–H groups in total. The maximum absolute atomic E-state index is 6.26. The van der Waals surface area contributed by atoms with Crippen LogP contribution in [0, 0.1) is 0 Å². The van der Waals surface area contributed by atoms with Gasteiger partial charge in [0.15, 0.2) is 0 Å². The van der Waals surface area contributed by atoms with E-state index >= 15 is 0 Å². The average molecular weight is 340 g/mol. The van der Waals surface area contributed by atoms with Crippen LogP contribution in [0.2, 0.25) is 10.0 Å². The monoisotopic (exact) mass is 339 g/mol. The predicted octanol–water partition coefficient (Wildman–Crippen LogP) is 6.13. The molecule has 0 amide bonds. The third kappa shape index (κ3) is 4.40. The molecule has 2 aromatic rings. The van der Waals surface area contributed by atoms with Crippen LogP contribution >= 0.6 is 35.0 Å². The first-order chi connectivity index (χ1) is 10.0. The summed E-state index contributed by atoms with van der Waals surface area (Å²) < 4.78 is 0. The lowest BCUT2D eigenvalue weighted by molar-refractivity contribution is 0.494. The van der Waals surface area contributed by atoms with E-state index in [-0.39, 0.29) is 12.1 Å². The Kier molecular flexibility index (Phi) is 6.00. The van der Waals surface area contributed by atoms with Crippen LogP contribution < -0.4 is 5.32 Å². The highest BCUT2D eigenvalue weighted by molar-refractivity contribution is 7.98. The van der Waals surface area contributed by atoms with Gasteiger partial charge in [0.05, 0.1) is 0 Å². The normalized spacial score (nSPS) is 14.0. The number of thioether (sulfide) groups is 1. The summed E-state index contributed by atoms with van der Waals surface area (Å²) in [5.41, 5.74) is 2.29. The van der Waals surface area contributed by atoms with E-state index in [1.54, 1.807) is 11.8 Å². The highest BCUT2D eigenvalue weighted by Crippen LogP contribution is 2.28. The minimum Gasteiger partial charge on any atom is -0.304 e. The fraction of sp³-hybridized carbons (Fsp3) is 0.294. The summed E-state index contributed by atoms with van der Waals surface area (Å²) in [6.07, 6.45) is 2.08. The molecule has 0 aliphatic heterocycles. The molecule has 21 heavy (non-hydrogen) atoms. The van der Waals surface area contributed by atoms with E-state index in [2.05, 4.69) is 49.7 Å². The molecule has 1 nitrogen and oxygen atoms in total. The van der Waals surface area contributed by atoms with Crippen LogP contribution in [0.25, 0.3) is 0 Å². The van der Waals surface area contributed by atoms with E-state index in [4.69, 9.17) is 23.2 Å². The van der Waals surface area contributed by atoms with Crippen molar-refractivity contribution in [1.82, 2.24) is 5.32 Å². The van der Waals surface area contributed by atoms with Crippen molar-refractivity contribution in [2.75, 3.05) is 6.26 Å². The Morgan fingerprint density at radius 2 is 1.62 bits per heavy atom. The molecule has 2 atom stereocenters. The van der Waals surface area contributed by atoms with Crippen molar-refractivity contribution in [1.29, 1.82) is 0 Å². The molecule has 2 unspecified atom stereocenters. The summed E-state index contributed by atoms with van der Waals surface area (Å²) in [7, 11) is 0. The molecule has 2 aromatic carbocycles. The van der Waals surface area contributed by atoms with Crippen LogP contribution in [0.4, 0.5) is 0 Å². The first-order valence-electron chi connectivity index (χ1n) is 6.86. The highest BCUT2D eigenvalue weighted by atomic mass is 35.5. The van der Waals surface area contributed by atoms with Gasteiger partial charge in [0.1, 0.15) is 0 Å². The minimum atomic E-state index is 0.131. The van der Waals surface area contributed by atoms with E-state index in [0.717, 1.165) is 10.6 Å². The highest BCUT2D eigenvalue weighted by Gasteiger charge is 2.14. The Labute approximate surface area is 141 Å². The lowest BCUT2D eigenvalue weighted by Gasteiger charge is -2.22. The van der Waals surface area contributed by atoms with Crippen LogP contribution in [0.1, 0.15) is 37.1 Å². The van der Waals surface area contributed by atoms with Crippen molar-refractivity contribution < 1.29 is 0 Å². The van der Waals surface area contributed by atoms with E-state index in [1.165, 1.54) is 10.5 Å². The van der Waals surface area contributed by atoms with Gasteiger partial charge in [-0.05, 0) is 61.6 Å². The second kappa shape index (κ2) is 7.55. The maximum Gasteiger partial charge on any atom is 0.0454 e. The van der Waals surface area contributed by atoms with Gasteiger partial charge < -0.3 is 5.32 Å². The van der Waals surface area contributed by atoms with Gasteiger partial charge in [0.2, 0.25) is 0 Å². The van der Waals surface area contributed by atoms with E-state index in [0.29, 0.717) is 5.02 Å². The molecular formula is C17H19Cl2NS. The standard InChI is InChI=1S/C17H19Cl2NS/c1-11(13-4-7-15(21-3)8-5-13)20-12(2)16-10-14(18)6-9-17(16)19/h4-12,20H,1-3H3. The first kappa shape index (κ1) is 16.7. The topological polar surface area (TPSA) is 12.0 Å². The maximum atomic E-state index is 6.26. The molecule has 0 saturated carbocycles. The summed E-state index contributed by atoms with van der Waals surface area (Å²) in [4.78, 5) is 1.27. The molecule has 0 radical (unpaired) electrons. The van der Waals surface area contributed by atoms with Crippen LogP contribution in [0.3, 0.4) is 0 Å². The Bertz CT molecular complexity index is 598. The van der Waals surface area contributed by atoms with Crippen molar-refractivity contribution in [2.24, 2.45) is 0 Å². The zero-order valence-corrected chi connectivity index (χ0v) is 14.7. The second-order valence-corrected chi connectivity index (χ2v) is 6.77. The lowest BCUT2D eigenvalue weighted by atomic mass is 10.0. The summed E-state index contributed by atoms with van der Waals surface area (Å²) in [6.45, 7) is 4.26. The van der Waals surface area contributed by atoms with Crippen LogP contribution in [0.5, 0.6) is 0 Å². The molecule has 112 valence electrons. The molecule has 0 aromatic heterocycles. The number of hydrogen-bond donors (Lipinski definition) is 1. The number of hydrogen-bond acceptors (Lipinski definition) is 2. The first-order valence-corrected chi connectivity index (χ1v) is 8.84.